The number of aryl methyl sites for hydroxylation is 1. The predicted molar refractivity (Wildman–Crippen MR) is 76.6 cm³/mol. The van der Waals surface area contributed by atoms with E-state index in [1.54, 1.807) is 26.1 Å². The van der Waals surface area contributed by atoms with Crippen molar-refractivity contribution in [2.24, 2.45) is 7.05 Å². The highest BCUT2D eigenvalue weighted by Crippen LogP contribution is 2.35. The van der Waals surface area contributed by atoms with Crippen molar-refractivity contribution in [1.82, 2.24) is 29.7 Å². The second-order valence-corrected chi connectivity index (χ2v) is 5.73. The predicted octanol–water partition coefficient (Wildman–Crippen LogP) is 2.05. The van der Waals surface area contributed by atoms with Gasteiger partial charge in [-0.15, -0.1) is 0 Å². The molecule has 0 unspecified atom stereocenters. The number of nitrogens with zero attached hydrogens (tertiary/aromatic N) is 6. The largest absolute Gasteiger partial charge is 0.435 e. The van der Waals surface area contributed by atoms with Crippen LogP contribution in [-0.4, -0.2) is 29.7 Å². The van der Waals surface area contributed by atoms with E-state index in [1.165, 1.54) is 17.9 Å². The molecule has 8 nitrogen and oxygen atoms in total. The average Bonchev–Trinajstić information content (AvgIpc) is 3.15. The fourth-order valence-electron chi connectivity index (χ4n) is 2.19. The van der Waals surface area contributed by atoms with Crippen molar-refractivity contribution in [2.75, 3.05) is 5.73 Å². The van der Waals surface area contributed by atoms with Gasteiger partial charge in [0.15, 0.2) is 5.69 Å². The van der Waals surface area contributed by atoms with E-state index >= 15 is 0 Å². The summed E-state index contributed by atoms with van der Waals surface area (Å²) in [6.45, 7) is 3.45. The van der Waals surface area contributed by atoms with Gasteiger partial charge in [-0.25, -0.2) is 0 Å². The Labute approximate surface area is 134 Å². The molecule has 0 aliphatic rings. The lowest BCUT2D eigenvalue weighted by Crippen LogP contribution is -2.28. The quantitative estimate of drug-likeness (QED) is 0.782. The summed E-state index contributed by atoms with van der Waals surface area (Å²) in [5.74, 6) is 0.200. The molecular formula is C13H14F3N7O. The zero-order valence-corrected chi connectivity index (χ0v) is 13.0. The highest BCUT2D eigenvalue weighted by molar-refractivity contribution is 5.57. The third-order valence-corrected chi connectivity index (χ3v) is 3.47. The number of halogens is 3. The minimum Gasteiger partial charge on any atom is -0.382 e. The molecule has 0 saturated carbocycles. The van der Waals surface area contributed by atoms with E-state index in [9.17, 15) is 13.2 Å². The van der Waals surface area contributed by atoms with Gasteiger partial charge in [0.05, 0.1) is 5.56 Å². The highest BCUT2D eigenvalue weighted by Gasteiger charge is 2.39. The number of nitrogen functional groups attached to an aromatic ring is 1. The number of hydrogen-bond donors (Lipinski definition) is 1. The van der Waals surface area contributed by atoms with E-state index in [0.717, 1.165) is 4.68 Å². The lowest BCUT2D eigenvalue weighted by atomic mass is 10.1. The summed E-state index contributed by atoms with van der Waals surface area (Å²) in [4.78, 5) is 4.09. The van der Waals surface area contributed by atoms with Crippen LogP contribution in [0.25, 0.3) is 11.4 Å². The molecule has 0 aliphatic carbocycles. The van der Waals surface area contributed by atoms with Gasteiger partial charge in [-0.2, -0.15) is 28.4 Å². The van der Waals surface area contributed by atoms with Gasteiger partial charge in [-0.05, 0) is 19.9 Å². The second-order valence-electron chi connectivity index (χ2n) is 5.73. The van der Waals surface area contributed by atoms with Gasteiger partial charge in [0.25, 0.3) is 5.89 Å². The number of nitrogens with two attached hydrogens (primary N) is 1. The Morgan fingerprint density at radius 3 is 2.50 bits per heavy atom. The number of alkyl halides is 3. The molecule has 0 amide bonds. The van der Waals surface area contributed by atoms with E-state index < -0.39 is 17.4 Å². The Bertz CT molecular complexity index is 874. The maximum Gasteiger partial charge on any atom is 0.435 e. The molecule has 0 aliphatic heterocycles. The number of anilines is 1. The third-order valence-electron chi connectivity index (χ3n) is 3.47. The number of hydrogen-bond acceptors (Lipinski definition) is 6. The van der Waals surface area contributed by atoms with Crippen LogP contribution >= 0.6 is 0 Å². The standard InChI is InChI=1S/C13H14F3N7O/c1-12(2,23-5-4-8(17)19-23)11-18-10(21-24-11)7-6-22(3)20-9(7)13(14,15)16/h4-6H,1-3H3,(H2,17,19). The first-order chi connectivity index (χ1) is 11.1. The van der Waals surface area contributed by atoms with Gasteiger partial charge < -0.3 is 10.3 Å². The van der Waals surface area contributed by atoms with E-state index in [0.29, 0.717) is 5.82 Å². The lowest BCUT2D eigenvalue weighted by Gasteiger charge is -2.20. The van der Waals surface area contributed by atoms with Crippen LogP contribution < -0.4 is 5.73 Å². The summed E-state index contributed by atoms with van der Waals surface area (Å²) in [6.07, 6.45) is -1.82. The van der Waals surface area contributed by atoms with E-state index in [4.69, 9.17) is 10.3 Å². The van der Waals surface area contributed by atoms with Crippen LogP contribution in [0.3, 0.4) is 0 Å². The fourth-order valence-corrected chi connectivity index (χ4v) is 2.19. The molecule has 3 rings (SSSR count). The Kier molecular flexibility index (Phi) is 3.39. The minimum absolute atomic E-state index is 0.0950. The molecule has 2 N–H and O–H groups in total. The van der Waals surface area contributed by atoms with E-state index in [-0.39, 0.29) is 17.3 Å². The summed E-state index contributed by atoms with van der Waals surface area (Å²) in [5, 5.41) is 11.2. The van der Waals surface area contributed by atoms with Crippen molar-refractivity contribution >= 4 is 5.82 Å². The molecule has 3 aromatic rings. The molecule has 3 heterocycles. The maximum absolute atomic E-state index is 13.1. The van der Waals surface area contributed by atoms with Crippen molar-refractivity contribution in [3.05, 3.63) is 30.0 Å². The van der Waals surface area contributed by atoms with Crippen LogP contribution in [0.5, 0.6) is 0 Å². The van der Waals surface area contributed by atoms with Crippen LogP contribution in [0, 0.1) is 0 Å². The Hall–Kier alpha value is -2.85. The molecule has 3 aromatic heterocycles. The number of rotatable bonds is 3. The van der Waals surface area contributed by atoms with E-state index in [1.807, 2.05) is 0 Å². The fraction of sp³-hybridized carbons (Fsp3) is 0.385. The minimum atomic E-state index is -4.62. The van der Waals surface area contributed by atoms with Crippen molar-refractivity contribution in [1.29, 1.82) is 0 Å². The zero-order chi connectivity index (χ0) is 17.7. The van der Waals surface area contributed by atoms with Crippen LogP contribution in [0.2, 0.25) is 0 Å². The molecule has 0 aromatic carbocycles. The highest BCUT2D eigenvalue weighted by atomic mass is 19.4. The average molecular weight is 341 g/mol. The Morgan fingerprint density at radius 2 is 1.92 bits per heavy atom. The third kappa shape index (κ3) is 2.61. The zero-order valence-electron chi connectivity index (χ0n) is 13.0. The molecule has 128 valence electrons. The monoisotopic (exact) mass is 341 g/mol. The van der Waals surface area contributed by atoms with Gasteiger partial charge in [0.2, 0.25) is 5.82 Å². The molecule has 0 spiro atoms. The molecule has 0 atom stereocenters. The summed E-state index contributed by atoms with van der Waals surface area (Å²) in [7, 11) is 1.39. The maximum atomic E-state index is 13.1. The van der Waals surface area contributed by atoms with Gasteiger partial charge in [-0.1, -0.05) is 5.16 Å². The van der Waals surface area contributed by atoms with Crippen molar-refractivity contribution in [3.63, 3.8) is 0 Å². The normalized spacial score (nSPS) is 12.8. The molecule has 0 fully saturated rings. The molecule has 0 bridgehead atoms. The SMILES string of the molecule is Cn1cc(-c2noc(C(C)(C)n3ccc(N)n3)n2)c(C(F)(F)F)n1. The van der Waals surface area contributed by atoms with Gasteiger partial charge >= 0.3 is 6.18 Å². The van der Waals surface area contributed by atoms with Crippen LogP contribution in [0.1, 0.15) is 25.4 Å². The first-order valence-corrected chi connectivity index (χ1v) is 6.86. The van der Waals surface area contributed by atoms with Gasteiger partial charge in [0, 0.05) is 19.4 Å². The van der Waals surface area contributed by atoms with Crippen LogP contribution in [-0.2, 0) is 18.8 Å². The summed E-state index contributed by atoms with van der Waals surface area (Å²) in [6, 6.07) is 1.59. The summed E-state index contributed by atoms with van der Waals surface area (Å²) >= 11 is 0. The molecule has 24 heavy (non-hydrogen) atoms. The second kappa shape index (κ2) is 5.08. The van der Waals surface area contributed by atoms with Crippen LogP contribution in [0.4, 0.5) is 19.0 Å². The Morgan fingerprint density at radius 1 is 1.21 bits per heavy atom. The van der Waals surface area contributed by atoms with Gasteiger partial charge in [-0.3, -0.25) is 9.36 Å². The lowest BCUT2D eigenvalue weighted by molar-refractivity contribution is -0.141. The van der Waals surface area contributed by atoms with Gasteiger partial charge in [0.1, 0.15) is 11.4 Å². The molecule has 0 saturated heterocycles. The number of aromatic nitrogens is 6. The first kappa shape index (κ1) is 16.0. The molecule has 11 heteroatoms. The summed E-state index contributed by atoms with van der Waals surface area (Å²) < 4.78 is 46.9. The smallest absolute Gasteiger partial charge is 0.382 e. The first-order valence-electron chi connectivity index (χ1n) is 6.86. The molecule has 0 radical (unpaired) electrons. The van der Waals surface area contributed by atoms with Crippen molar-refractivity contribution in [2.45, 2.75) is 25.6 Å². The topological polar surface area (TPSA) is 101 Å². The van der Waals surface area contributed by atoms with Crippen LogP contribution in [0.15, 0.2) is 23.0 Å². The Balaban J connectivity index is 2.03. The summed E-state index contributed by atoms with van der Waals surface area (Å²) in [5.41, 5.74) is 3.38. The van der Waals surface area contributed by atoms with Crippen molar-refractivity contribution in [3.8, 4) is 11.4 Å². The van der Waals surface area contributed by atoms with Crippen molar-refractivity contribution < 1.29 is 17.7 Å². The van der Waals surface area contributed by atoms with E-state index in [2.05, 4.69) is 20.3 Å². The molecular weight excluding hydrogens is 327 g/mol.